The molecule has 19 heavy (non-hydrogen) atoms. The van der Waals surface area contributed by atoms with Gasteiger partial charge in [0.15, 0.2) is 0 Å². The van der Waals surface area contributed by atoms with E-state index in [1.54, 1.807) is 0 Å². The van der Waals surface area contributed by atoms with E-state index in [2.05, 4.69) is 4.98 Å². The molecule has 0 aliphatic rings. The Morgan fingerprint density at radius 3 is 2.53 bits per heavy atom. The summed E-state index contributed by atoms with van der Waals surface area (Å²) in [5, 5.41) is -0.0885. The molecule has 0 fully saturated rings. The lowest BCUT2D eigenvalue weighted by atomic mass is 10.1. The van der Waals surface area contributed by atoms with Gasteiger partial charge in [-0.2, -0.15) is 13.2 Å². The topological polar surface area (TPSA) is 71.9 Å². The number of benzene rings is 1. The SMILES string of the molecule is O=CCn1c(=O)[nH]c2cc(C(F)(F)F)ccc2c1=O. The van der Waals surface area contributed by atoms with Crippen LogP contribution in [0, 0.1) is 0 Å². The molecule has 5 nitrogen and oxygen atoms in total. The number of halogens is 3. The Hall–Kier alpha value is -2.38. The molecule has 0 atom stereocenters. The summed E-state index contributed by atoms with van der Waals surface area (Å²) in [4.78, 5) is 35.8. The molecule has 0 aliphatic carbocycles. The maximum Gasteiger partial charge on any atom is 0.416 e. The van der Waals surface area contributed by atoms with E-state index in [0.29, 0.717) is 16.9 Å². The van der Waals surface area contributed by atoms with E-state index in [9.17, 15) is 27.6 Å². The molecule has 0 unspecified atom stereocenters. The molecular formula is C11H7F3N2O3. The summed E-state index contributed by atoms with van der Waals surface area (Å²) < 4.78 is 38.1. The van der Waals surface area contributed by atoms with Crippen LogP contribution in [0.5, 0.6) is 0 Å². The zero-order chi connectivity index (χ0) is 14.2. The number of hydrogen-bond acceptors (Lipinski definition) is 3. The van der Waals surface area contributed by atoms with Crippen molar-refractivity contribution in [1.29, 1.82) is 0 Å². The van der Waals surface area contributed by atoms with Gasteiger partial charge in [-0.05, 0) is 18.2 Å². The van der Waals surface area contributed by atoms with Crippen molar-refractivity contribution in [2.24, 2.45) is 0 Å². The van der Waals surface area contributed by atoms with E-state index in [1.807, 2.05) is 0 Å². The van der Waals surface area contributed by atoms with Crippen LogP contribution in [-0.2, 0) is 17.5 Å². The quantitative estimate of drug-likeness (QED) is 0.826. The normalized spacial score (nSPS) is 11.7. The molecule has 0 saturated heterocycles. The van der Waals surface area contributed by atoms with Crippen LogP contribution in [0.1, 0.15) is 5.56 Å². The lowest BCUT2D eigenvalue weighted by Crippen LogP contribution is -2.35. The summed E-state index contributed by atoms with van der Waals surface area (Å²) in [6.45, 7) is -0.453. The van der Waals surface area contributed by atoms with Crippen molar-refractivity contribution in [1.82, 2.24) is 9.55 Å². The van der Waals surface area contributed by atoms with Crippen LogP contribution in [0.4, 0.5) is 13.2 Å². The third-order valence-electron chi connectivity index (χ3n) is 2.57. The lowest BCUT2D eigenvalue weighted by molar-refractivity contribution is -0.137. The van der Waals surface area contributed by atoms with E-state index in [-0.39, 0.29) is 10.9 Å². The summed E-state index contributed by atoms with van der Waals surface area (Å²) in [6.07, 6.45) is -4.21. The number of carbonyl (C=O) groups excluding carboxylic acids is 1. The molecule has 0 bridgehead atoms. The number of carbonyl (C=O) groups is 1. The van der Waals surface area contributed by atoms with Crippen LogP contribution >= 0.6 is 0 Å². The van der Waals surface area contributed by atoms with Gasteiger partial charge in [-0.3, -0.25) is 9.36 Å². The first-order valence-corrected chi connectivity index (χ1v) is 5.12. The van der Waals surface area contributed by atoms with Crippen LogP contribution < -0.4 is 11.2 Å². The third kappa shape index (κ3) is 2.28. The number of alkyl halides is 3. The van der Waals surface area contributed by atoms with Crippen LogP contribution in [0.3, 0.4) is 0 Å². The smallest absolute Gasteiger partial charge is 0.307 e. The highest BCUT2D eigenvalue weighted by Crippen LogP contribution is 2.30. The molecule has 0 spiro atoms. The van der Waals surface area contributed by atoms with Crippen molar-refractivity contribution in [3.8, 4) is 0 Å². The highest BCUT2D eigenvalue weighted by atomic mass is 19.4. The van der Waals surface area contributed by atoms with Crippen LogP contribution in [-0.4, -0.2) is 15.8 Å². The molecular weight excluding hydrogens is 265 g/mol. The minimum atomic E-state index is -4.57. The molecule has 2 aromatic rings. The molecule has 8 heteroatoms. The molecule has 1 N–H and O–H groups in total. The number of nitrogens with zero attached hydrogens (tertiary/aromatic N) is 1. The van der Waals surface area contributed by atoms with E-state index < -0.39 is 29.5 Å². The number of aromatic amines is 1. The van der Waals surface area contributed by atoms with Crippen molar-refractivity contribution < 1.29 is 18.0 Å². The van der Waals surface area contributed by atoms with Gasteiger partial charge in [0.1, 0.15) is 6.29 Å². The number of H-pyrrole nitrogens is 1. The number of hydrogen-bond donors (Lipinski definition) is 1. The predicted octanol–water partition coefficient (Wildman–Crippen LogP) is 0.907. The standard InChI is InChI=1S/C11H7F3N2O3/c12-11(13,14)6-1-2-7-8(5-6)15-10(19)16(3-4-17)9(7)18/h1-2,4-5H,3H2,(H,15,19). The number of aromatic nitrogens is 2. The van der Waals surface area contributed by atoms with Gasteiger partial charge in [-0.25, -0.2) is 4.79 Å². The first kappa shape index (κ1) is 13.1. The zero-order valence-electron chi connectivity index (χ0n) is 9.32. The van der Waals surface area contributed by atoms with Gasteiger partial charge in [0.05, 0.1) is 23.0 Å². The second-order valence-corrected chi connectivity index (χ2v) is 3.77. The van der Waals surface area contributed by atoms with Crippen molar-refractivity contribution in [3.05, 3.63) is 44.6 Å². The Balaban J connectivity index is 2.78. The summed E-state index contributed by atoms with van der Waals surface area (Å²) in [7, 11) is 0. The maximum absolute atomic E-state index is 12.5. The van der Waals surface area contributed by atoms with Gasteiger partial charge in [-0.15, -0.1) is 0 Å². The maximum atomic E-state index is 12.5. The molecule has 0 amide bonds. The monoisotopic (exact) mass is 272 g/mol. The van der Waals surface area contributed by atoms with Crippen LogP contribution in [0.25, 0.3) is 10.9 Å². The molecule has 2 rings (SSSR count). The Bertz CT molecular complexity index is 758. The second kappa shape index (κ2) is 4.38. The number of aldehydes is 1. The Morgan fingerprint density at radius 2 is 1.95 bits per heavy atom. The second-order valence-electron chi connectivity index (χ2n) is 3.77. The highest BCUT2D eigenvalue weighted by Gasteiger charge is 2.30. The van der Waals surface area contributed by atoms with Crippen LogP contribution in [0.2, 0.25) is 0 Å². The van der Waals surface area contributed by atoms with Gasteiger partial charge < -0.3 is 9.78 Å². The molecule has 100 valence electrons. The molecule has 0 aliphatic heterocycles. The van der Waals surface area contributed by atoms with Crippen molar-refractivity contribution in [3.63, 3.8) is 0 Å². The number of rotatable bonds is 2. The van der Waals surface area contributed by atoms with E-state index in [4.69, 9.17) is 0 Å². The highest BCUT2D eigenvalue weighted by molar-refractivity contribution is 5.78. The Labute approximate surface area is 103 Å². The summed E-state index contributed by atoms with van der Waals surface area (Å²) in [6, 6.07) is 2.40. The minimum Gasteiger partial charge on any atom is -0.307 e. The molecule has 1 aromatic heterocycles. The van der Waals surface area contributed by atoms with E-state index in [0.717, 1.165) is 12.1 Å². The van der Waals surface area contributed by atoms with Gasteiger partial charge in [0, 0.05) is 0 Å². The fourth-order valence-electron chi connectivity index (χ4n) is 1.67. The fourth-order valence-corrected chi connectivity index (χ4v) is 1.67. The van der Waals surface area contributed by atoms with Gasteiger partial charge in [0.25, 0.3) is 5.56 Å². The zero-order valence-corrected chi connectivity index (χ0v) is 9.32. The number of nitrogens with one attached hydrogen (secondary N) is 1. The summed E-state index contributed by atoms with van der Waals surface area (Å²) in [5.74, 6) is 0. The number of fused-ring (bicyclic) bond motifs is 1. The Kier molecular flexibility index (Phi) is 3.01. The third-order valence-corrected chi connectivity index (χ3v) is 2.57. The van der Waals surface area contributed by atoms with Gasteiger partial charge >= 0.3 is 11.9 Å². The molecule has 0 saturated carbocycles. The predicted molar refractivity (Wildman–Crippen MR) is 59.9 cm³/mol. The van der Waals surface area contributed by atoms with Crippen molar-refractivity contribution >= 4 is 17.2 Å². The molecule has 1 aromatic carbocycles. The van der Waals surface area contributed by atoms with Gasteiger partial charge in [-0.1, -0.05) is 0 Å². The average Bonchev–Trinajstić information content (AvgIpc) is 2.32. The van der Waals surface area contributed by atoms with E-state index in [1.165, 1.54) is 0 Å². The fraction of sp³-hybridized carbons (Fsp3) is 0.182. The van der Waals surface area contributed by atoms with Crippen LogP contribution in [0.15, 0.2) is 27.8 Å². The average molecular weight is 272 g/mol. The summed E-state index contributed by atoms with van der Waals surface area (Å²) in [5.41, 5.74) is -2.92. The first-order valence-electron chi connectivity index (χ1n) is 5.12. The van der Waals surface area contributed by atoms with Gasteiger partial charge in [0.2, 0.25) is 0 Å². The summed E-state index contributed by atoms with van der Waals surface area (Å²) >= 11 is 0. The molecule has 0 radical (unpaired) electrons. The largest absolute Gasteiger partial charge is 0.416 e. The first-order chi connectivity index (χ1) is 8.84. The van der Waals surface area contributed by atoms with Crippen molar-refractivity contribution in [2.45, 2.75) is 12.7 Å². The lowest BCUT2D eigenvalue weighted by Gasteiger charge is -2.08. The Morgan fingerprint density at radius 1 is 1.26 bits per heavy atom. The van der Waals surface area contributed by atoms with E-state index >= 15 is 0 Å². The van der Waals surface area contributed by atoms with Crippen molar-refractivity contribution in [2.75, 3.05) is 0 Å². The molecule has 1 heterocycles. The minimum absolute atomic E-state index is 0.0885.